The molecule has 1 aromatic carbocycles. The number of amides is 1. The van der Waals surface area contributed by atoms with E-state index in [1.54, 1.807) is 19.2 Å². The maximum atomic E-state index is 13.2. The second-order valence-corrected chi connectivity index (χ2v) is 7.60. The largest absolute Gasteiger partial charge is 0.444 e. The topological polar surface area (TPSA) is 55.3 Å². The third-order valence-corrected chi connectivity index (χ3v) is 3.56. The van der Waals surface area contributed by atoms with Crippen LogP contribution in [0.15, 0.2) is 30.3 Å². The standard InChI is InChI=1S/C20H26FN3O2/c1-13(2)18-22-16(12-24(6)19(25)26-20(3,4)5)11-17(23-18)14-7-9-15(21)10-8-14/h7-11,13H,12H2,1-6H3. The van der Waals surface area contributed by atoms with E-state index in [9.17, 15) is 9.18 Å². The number of ether oxygens (including phenoxy) is 1. The van der Waals surface area contributed by atoms with Crippen LogP contribution in [0.5, 0.6) is 0 Å². The van der Waals surface area contributed by atoms with Crippen molar-refractivity contribution in [2.24, 2.45) is 0 Å². The van der Waals surface area contributed by atoms with E-state index >= 15 is 0 Å². The number of nitrogens with zero attached hydrogens (tertiary/aromatic N) is 3. The fourth-order valence-corrected chi connectivity index (χ4v) is 2.27. The van der Waals surface area contributed by atoms with Gasteiger partial charge in [0.25, 0.3) is 0 Å². The van der Waals surface area contributed by atoms with E-state index in [0.29, 0.717) is 23.8 Å². The molecular formula is C20H26FN3O2. The molecule has 5 nitrogen and oxygen atoms in total. The molecule has 2 rings (SSSR count). The summed E-state index contributed by atoms with van der Waals surface area (Å²) in [6, 6.07) is 7.99. The molecule has 1 amide bonds. The van der Waals surface area contributed by atoms with Gasteiger partial charge in [0.05, 0.1) is 17.9 Å². The lowest BCUT2D eigenvalue weighted by atomic mass is 10.1. The van der Waals surface area contributed by atoms with Gasteiger partial charge in [-0.05, 0) is 51.1 Å². The Balaban J connectivity index is 2.30. The first-order valence-corrected chi connectivity index (χ1v) is 8.63. The summed E-state index contributed by atoms with van der Waals surface area (Å²) in [5, 5.41) is 0. The van der Waals surface area contributed by atoms with Crippen LogP contribution in [0.2, 0.25) is 0 Å². The van der Waals surface area contributed by atoms with Crippen LogP contribution in [-0.4, -0.2) is 33.6 Å². The fraction of sp³-hybridized carbons (Fsp3) is 0.450. The number of aromatic nitrogens is 2. The molecule has 0 saturated heterocycles. The van der Waals surface area contributed by atoms with Crippen LogP contribution in [0, 0.1) is 5.82 Å². The summed E-state index contributed by atoms with van der Waals surface area (Å²) in [5.74, 6) is 0.511. The van der Waals surface area contributed by atoms with Gasteiger partial charge in [0, 0.05) is 18.5 Å². The van der Waals surface area contributed by atoms with Crippen molar-refractivity contribution in [3.05, 3.63) is 47.7 Å². The number of halogens is 1. The highest BCUT2D eigenvalue weighted by Crippen LogP contribution is 2.22. The zero-order valence-electron chi connectivity index (χ0n) is 16.2. The summed E-state index contributed by atoms with van der Waals surface area (Å²) in [6.07, 6.45) is -0.412. The van der Waals surface area contributed by atoms with E-state index in [1.807, 2.05) is 40.7 Å². The molecule has 0 aliphatic rings. The van der Waals surface area contributed by atoms with Crippen LogP contribution in [0.4, 0.5) is 9.18 Å². The molecule has 0 saturated carbocycles. The Hall–Kier alpha value is -2.50. The predicted molar refractivity (Wildman–Crippen MR) is 99.2 cm³/mol. The second kappa shape index (κ2) is 7.81. The molecule has 0 aliphatic carbocycles. The van der Waals surface area contributed by atoms with Gasteiger partial charge in [0.15, 0.2) is 0 Å². The van der Waals surface area contributed by atoms with Crippen molar-refractivity contribution in [1.82, 2.24) is 14.9 Å². The van der Waals surface area contributed by atoms with Crippen LogP contribution in [-0.2, 0) is 11.3 Å². The van der Waals surface area contributed by atoms with Crippen molar-refractivity contribution in [2.45, 2.75) is 52.7 Å². The Labute approximate surface area is 154 Å². The van der Waals surface area contributed by atoms with Gasteiger partial charge < -0.3 is 9.64 Å². The van der Waals surface area contributed by atoms with Crippen molar-refractivity contribution < 1.29 is 13.9 Å². The smallest absolute Gasteiger partial charge is 0.410 e. The number of carbonyl (C=O) groups excluding carboxylic acids is 1. The SMILES string of the molecule is CC(C)c1nc(CN(C)C(=O)OC(C)(C)C)cc(-c2ccc(F)cc2)n1. The van der Waals surface area contributed by atoms with Crippen LogP contribution in [0.1, 0.15) is 52.1 Å². The summed E-state index contributed by atoms with van der Waals surface area (Å²) in [6.45, 7) is 9.79. The van der Waals surface area contributed by atoms with Gasteiger partial charge in [-0.3, -0.25) is 0 Å². The highest BCUT2D eigenvalue weighted by molar-refractivity contribution is 5.68. The van der Waals surface area contributed by atoms with Crippen molar-refractivity contribution in [3.8, 4) is 11.3 Å². The molecule has 0 bridgehead atoms. The summed E-state index contributed by atoms with van der Waals surface area (Å²) in [4.78, 5) is 22.8. The van der Waals surface area contributed by atoms with Crippen molar-refractivity contribution in [2.75, 3.05) is 7.05 Å². The summed E-state index contributed by atoms with van der Waals surface area (Å²) < 4.78 is 18.6. The molecule has 0 spiro atoms. The average molecular weight is 359 g/mol. The van der Waals surface area contributed by atoms with E-state index < -0.39 is 11.7 Å². The van der Waals surface area contributed by atoms with Gasteiger partial charge in [0.2, 0.25) is 0 Å². The molecule has 0 atom stereocenters. The fourth-order valence-electron chi connectivity index (χ4n) is 2.27. The van der Waals surface area contributed by atoms with Crippen molar-refractivity contribution in [1.29, 1.82) is 0 Å². The van der Waals surface area contributed by atoms with Gasteiger partial charge >= 0.3 is 6.09 Å². The van der Waals surface area contributed by atoms with E-state index in [4.69, 9.17) is 4.74 Å². The second-order valence-electron chi connectivity index (χ2n) is 7.60. The summed E-state index contributed by atoms with van der Waals surface area (Å²) in [7, 11) is 1.67. The molecule has 26 heavy (non-hydrogen) atoms. The lowest BCUT2D eigenvalue weighted by Crippen LogP contribution is -2.34. The van der Waals surface area contributed by atoms with E-state index in [-0.39, 0.29) is 11.7 Å². The minimum Gasteiger partial charge on any atom is -0.444 e. The minimum absolute atomic E-state index is 0.126. The normalized spacial score (nSPS) is 11.5. The zero-order valence-corrected chi connectivity index (χ0v) is 16.2. The van der Waals surface area contributed by atoms with Crippen LogP contribution in [0.3, 0.4) is 0 Å². The Kier molecular flexibility index (Phi) is 5.95. The summed E-state index contributed by atoms with van der Waals surface area (Å²) >= 11 is 0. The molecule has 140 valence electrons. The molecule has 6 heteroatoms. The molecule has 1 heterocycles. The van der Waals surface area contributed by atoms with Crippen LogP contribution >= 0.6 is 0 Å². The lowest BCUT2D eigenvalue weighted by Gasteiger charge is -2.24. The maximum absolute atomic E-state index is 13.2. The molecule has 0 radical (unpaired) electrons. The number of carbonyl (C=O) groups is 1. The number of benzene rings is 1. The first-order chi connectivity index (χ1) is 12.0. The molecule has 0 fully saturated rings. The van der Waals surface area contributed by atoms with Gasteiger partial charge in [-0.2, -0.15) is 0 Å². The van der Waals surface area contributed by atoms with E-state index in [1.165, 1.54) is 17.0 Å². The number of hydrogen-bond acceptors (Lipinski definition) is 4. The molecule has 2 aromatic rings. The van der Waals surface area contributed by atoms with Crippen molar-refractivity contribution >= 4 is 6.09 Å². The Morgan fingerprint density at radius 1 is 1.19 bits per heavy atom. The molecular weight excluding hydrogens is 333 g/mol. The van der Waals surface area contributed by atoms with Gasteiger partial charge in [-0.25, -0.2) is 19.2 Å². The highest BCUT2D eigenvalue weighted by Gasteiger charge is 2.20. The van der Waals surface area contributed by atoms with E-state index in [2.05, 4.69) is 9.97 Å². The highest BCUT2D eigenvalue weighted by atomic mass is 19.1. The monoisotopic (exact) mass is 359 g/mol. The number of rotatable bonds is 4. The average Bonchev–Trinajstić information content (AvgIpc) is 2.53. The first kappa shape index (κ1) is 19.8. The third kappa shape index (κ3) is 5.51. The predicted octanol–water partition coefficient (Wildman–Crippen LogP) is 4.77. The van der Waals surface area contributed by atoms with Gasteiger partial charge in [-0.1, -0.05) is 13.8 Å². The van der Waals surface area contributed by atoms with Gasteiger partial charge in [-0.15, -0.1) is 0 Å². The maximum Gasteiger partial charge on any atom is 0.410 e. The molecule has 1 aromatic heterocycles. The minimum atomic E-state index is -0.556. The molecule has 0 N–H and O–H groups in total. The Morgan fingerprint density at radius 3 is 2.35 bits per heavy atom. The Bertz CT molecular complexity index is 768. The molecule has 0 unspecified atom stereocenters. The van der Waals surface area contributed by atoms with Crippen LogP contribution in [0.25, 0.3) is 11.3 Å². The summed E-state index contributed by atoms with van der Waals surface area (Å²) in [5.41, 5.74) is 1.66. The number of hydrogen-bond donors (Lipinski definition) is 0. The zero-order chi connectivity index (χ0) is 19.5. The molecule has 0 aliphatic heterocycles. The lowest BCUT2D eigenvalue weighted by molar-refractivity contribution is 0.0283. The van der Waals surface area contributed by atoms with E-state index in [0.717, 1.165) is 5.56 Å². The Morgan fingerprint density at radius 2 is 1.81 bits per heavy atom. The first-order valence-electron chi connectivity index (χ1n) is 8.63. The van der Waals surface area contributed by atoms with Crippen LogP contribution < -0.4 is 0 Å². The quantitative estimate of drug-likeness (QED) is 0.789. The van der Waals surface area contributed by atoms with Gasteiger partial charge in [0.1, 0.15) is 17.2 Å². The van der Waals surface area contributed by atoms with Crippen molar-refractivity contribution in [3.63, 3.8) is 0 Å². The third-order valence-electron chi connectivity index (χ3n) is 3.56.